The largest absolute Gasteiger partial charge is 0.491 e. The summed E-state index contributed by atoms with van der Waals surface area (Å²) in [5, 5.41) is 17.7. The Kier molecular flexibility index (Phi) is 8.66. The molecule has 0 spiro atoms. The van der Waals surface area contributed by atoms with Gasteiger partial charge in [-0.15, -0.1) is 0 Å². The maximum Gasteiger partial charge on any atom is 0.254 e. The maximum atomic E-state index is 14.8. The van der Waals surface area contributed by atoms with E-state index in [-0.39, 0.29) is 37.0 Å². The Morgan fingerprint density at radius 2 is 2.11 bits per heavy atom. The summed E-state index contributed by atoms with van der Waals surface area (Å²) in [6.07, 6.45) is 1.99. The lowest BCUT2D eigenvalue weighted by atomic mass is 9.86. The van der Waals surface area contributed by atoms with Crippen LogP contribution in [0.15, 0.2) is 36.4 Å². The fourth-order valence-electron chi connectivity index (χ4n) is 5.22. The van der Waals surface area contributed by atoms with Crippen molar-refractivity contribution in [3.05, 3.63) is 58.7 Å². The fourth-order valence-corrected chi connectivity index (χ4v) is 5.22. The molecule has 0 radical (unpaired) electrons. The first-order valence-corrected chi connectivity index (χ1v) is 12.9. The van der Waals surface area contributed by atoms with Crippen molar-refractivity contribution in [3.63, 3.8) is 0 Å². The molecule has 2 aromatic rings. The van der Waals surface area contributed by atoms with E-state index in [2.05, 4.69) is 16.0 Å². The highest BCUT2D eigenvalue weighted by atomic mass is 19.1. The van der Waals surface area contributed by atoms with Crippen LogP contribution in [0, 0.1) is 0 Å². The number of fused-ring (bicyclic) bond motifs is 1. The number of hydrogen-bond acceptors (Lipinski definition) is 6. The van der Waals surface area contributed by atoms with Crippen LogP contribution in [0.25, 0.3) is 0 Å². The number of hydrogen-bond donors (Lipinski definition) is 4. The van der Waals surface area contributed by atoms with E-state index in [0.717, 1.165) is 24.1 Å². The molecule has 4 rings (SSSR count). The third-order valence-electron chi connectivity index (χ3n) is 7.04. The van der Waals surface area contributed by atoms with Crippen molar-refractivity contribution in [2.24, 2.45) is 0 Å². The fraction of sp³-hybridized carbons (Fsp3) is 0.500. The summed E-state index contributed by atoms with van der Waals surface area (Å²) in [5.41, 5.74) is 1.08. The molecule has 0 aliphatic carbocycles. The molecule has 9 heteroatoms. The van der Waals surface area contributed by atoms with E-state index >= 15 is 0 Å². The van der Waals surface area contributed by atoms with E-state index in [1.165, 1.54) is 7.05 Å². The molecular formula is C28H36FN3O5. The SMILES string of the molecule is CNC(=O)c1cc(C(=O)NCCC[C@]2(F)CCCNC2)cc2c1O[C@H](C)[C@H]2c1cccc(OCCO)c1. The Hall–Kier alpha value is -3.17. The Bertz CT molecular complexity index is 1120. The molecule has 2 heterocycles. The van der Waals surface area contributed by atoms with Gasteiger partial charge in [-0.2, -0.15) is 0 Å². The summed E-state index contributed by atoms with van der Waals surface area (Å²) >= 11 is 0. The third-order valence-corrected chi connectivity index (χ3v) is 7.04. The summed E-state index contributed by atoms with van der Waals surface area (Å²) in [6.45, 7) is 3.56. The van der Waals surface area contributed by atoms with Crippen molar-refractivity contribution in [2.75, 3.05) is 39.9 Å². The predicted octanol–water partition coefficient (Wildman–Crippen LogP) is 2.93. The number of halogens is 1. The van der Waals surface area contributed by atoms with Crippen LogP contribution in [0.5, 0.6) is 11.5 Å². The van der Waals surface area contributed by atoms with Crippen LogP contribution >= 0.6 is 0 Å². The number of benzene rings is 2. The number of ether oxygens (including phenoxy) is 2. The average Bonchev–Trinajstić information content (AvgIpc) is 3.25. The zero-order valence-electron chi connectivity index (χ0n) is 21.4. The number of piperidine rings is 1. The van der Waals surface area contributed by atoms with Crippen molar-refractivity contribution in [2.45, 2.75) is 50.3 Å². The lowest BCUT2D eigenvalue weighted by molar-refractivity contribution is 0.0929. The molecule has 2 aliphatic rings. The molecule has 37 heavy (non-hydrogen) atoms. The zero-order chi connectivity index (χ0) is 26.4. The molecule has 3 atom stereocenters. The Morgan fingerprint density at radius 1 is 1.27 bits per heavy atom. The highest BCUT2D eigenvalue weighted by Crippen LogP contribution is 2.45. The van der Waals surface area contributed by atoms with E-state index in [4.69, 9.17) is 14.6 Å². The van der Waals surface area contributed by atoms with Gasteiger partial charge >= 0.3 is 0 Å². The number of carbonyl (C=O) groups excluding carboxylic acids is 2. The summed E-state index contributed by atoms with van der Waals surface area (Å²) in [6, 6.07) is 10.8. The van der Waals surface area contributed by atoms with Crippen LogP contribution < -0.4 is 25.4 Å². The van der Waals surface area contributed by atoms with Gasteiger partial charge in [-0.3, -0.25) is 9.59 Å². The van der Waals surface area contributed by atoms with Crippen LogP contribution in [0.3, 0.4) is 0 Å². The summed E-state index contributed by atoms with van der Waals surface area (Å²) in [7, 11) is 1.53. The molecule has 0 saturated carbocycles. The van der Waals surface area contributed by atoms with Gasteiger partial charge in [0.05, 0.1) is 12.2 Å². The molecule has 0 bridgehead atoms. The Morgan fingerprint density at radius 3 is 2.84 bits per heavy atom. The first kappa shape index (κ1) is 26.9. The highest BCUT2D eigenvalue weighted by molar-refractivity contribution is 6.02. The van der Waals surface area contributed by atoms with E-state index in [1.54, 1.807) is 12.1 Å². The predicted molar refractivity (Wildman–Crippen MR) is 138 cm³/mol. The second-order valence-electron chi connectivity index (χ2n) is 9.76. The second-order valence-corrected chi connectivity index (χ2v) is 9.76. The van der Waals surface area contributed by atoms with Gasteiger partial charge in [0, 0.05) is 37.2 Å². The van der Waals surface area contributed by atoms with Crippen LogP contribution in [0.4, 0.5) is 4.39 Å². The minimum atomic E-state index is -1.22. The van der Waals surface area contributed by atoms with Gasteiger partial charge in [-0.25, -0.2) is 4.39 Å². The third kappa shape index (κ3) is 6.22. The number of carbonyl (C=O) groups is 2. The molecule has 200 valence electrons. The summed E-state index contributed by atoms with van der Waals surface area (Å²) < 4.78 is 26.5. The molecule has 0 aromatic heterocycles. The molecule has 2 amide bonds. The van der Waals surface area contributed by atoms with Gasteiger partial charge in [-0.1, -0.05) is 12.1 Å². The first-order chi connectivity index (χ1) is 17.8. The average molecular weight is 514 g/mol. The minimum Gasteiger partial charge on any atom is -0.491 e. The topological polar surface area (TPSA) is 109 Å². The van der Waals surface area contributed by atoms with Gasteiger partial charge in [0.1, 0.15) is 29.9 Å². The van der Waals surface area contributed by atoms with Crippen LogP contribution in [-0.4, -0.2) is 68.6 Å². The van der Waals surface area contributed by atoms with Crippen molar-refractivity contribution in [3.8, 4) is 11.5 Å². The van der Waals surface area contributed by atoms with Gasteiger partial charge in [0.25, 0.3) is 11.8 Å². The Balaban J connectivity index is 1.55. The molecule has 0 unspecified atom stereocenters. The molecule has 4 N–H and O–H groups in total. The maximum absolute atomic E-state index is 14.8. The number of amides is 2. The van der Waals surface area contributed by atoms with Crippen molar-refractivity contribution in [1.82, 2.24) is 16.0 Å². The number of aliphatic hydroxyl groups excluding tert-OH is 1. The monoisotopic (exact) mass is 513 g/mol. The van der Waals surface area contributed by atoms with Crippen molar-refractivity contribution >= 4 is 11.8 Å². The molecular weight excluding hydrogens is 477 g/mol. The number of nitrogens with one attached hydrogen (secondary N) is 3. The van der Waals surface area contributed by atoms with E-state index in [0.29, 0.717) is 55.0 Å². The minimum absolute atomic E-state index is 0.0901. The van der Waals surface area contributed by atoms with Crippen LogP contribution in [0.1, 0.15) is 70.4 Å². The Labute approximate surface area is 216 Å². The number of alkyl halides is 1. The van der Waals surface area contributed by atoms with Gasteiger partial charge in [0.15, 0.2) is 0 Å². The van der Waals surface area contributed by atoms with Crippen LogP contribution in [0.2, 0.25) is 0 Å². The molecule has 1 saturated heterocycles. The smallest absolute Gasteiger partial charge is 0.254 e. The first-order valence-electron chi connectivity index (χ1n) is 12.9. The zero-order valence-corrected chi connectivity index (χ0v) is 21.4. The van der Waals surface area contributed by atoms with Crippen molar-refractivity contribution in [1.29, 1.82) is 0 Å². The van der Waals surface area contributed by atoms with E-state index < -0.39 is 5.67 Å². The number of aliphatic hydroxyl groups is 1. The quantitative estimate of drug-likeness (QED) is 0.364. The highest BCUT2D eigenvalue weighted by Gasteiger charge is 2.37. The summed E-state index contributed by atoms with van der Waals surface area (Å²) in [4.78, 5) is 25.8. The van der Waals surface area contributed by atoms with E-state index in [1.807, 2.05) is 31.2 Å². The van der Waals surface area contributed by atoms with Crippen molar-refractivity contribution < 1.29 is 28.6 Å². The van der Waals surface area contributed by atoms with E-state index in [9.17, 15) is 14.0 Å². The second kappa shape index (κ2) is 11.9. The van der Waals surface area contributed by atoms with Gasteiger partial charge < -0.3 is 30.5 Å². The lowest BCUT2D eigenvalue weighted by Gasteiger charge is -2.30. The molecule has 1 fully saturated rings. The molecule has 2 aliphatic heterocycles. The van der Waals surface area contributed by atoms with Gasteiger partial charge in [0.2, 0.25) is 0 Å². The van der Waals surface area contributed by atoms with Crippen LogP contribution in [-0.2, 0) is 0 Å². The number of rotatable bonds is 10. The lowest BCUT2D eigenvalue weighted by Crippen LogP contribution is -2.42. The molecule has 2 aromatic carbocycles. The standard InChI is InChI=1S/C28H36FN3O5/c1-18-24(19-6-3-7-21(14-19)36-13-12-33)22-15-20(16-23(25(22)37-18)27(35)30-2)26(34)32-11-5-9-28(29)8-4-10-31-17-28/h3,6-7,14-16,18,24,31,33H,4-5,8-13,17H2,1-2H3,(H,30,35)(H,32,34)/t18-,24+,28-/m1/s1. The normalized spacial score (nSPS) is 22.6. The van der Waals surface area contributed by atoms with Gasteiger partial charge in [-0.05, 0) is 69.0 Å². The molecule has 8 nitrogen and oxygen atoms in total. The summed E-state index contributed by atoms with van der Waals surface area (Å²) in [5.74, 6) is 0.184.